The molecule has 0 bridgehead atoms. The van der Waals surface area contributed by atoms with E-state index < -0.39 is 15.8 Å². The molecule has 0 aromatic heterocycles. The van der Waals surface area contributed by atoms with Gasteiger partial charge in [-0.25, -0.2) is 12.8 Å². The zero-order chi connectivity index (χ0) is 12.2. The average Bonchev–Trinajstić information content (AvgIpc) is 2.20. The average molecular weight is 246 g/mol. The van der Waals surface area contributed by atoms with Gasteiger partial charge in [0.25, 0.3) is 0 Å². The molecule has 1 aromatic carbocycles. The van der Waals surface area contributed by atoms with Crippen LogP contribution in [-0.2, 0) is 10.0 Å². The minimum absolute atomic E-state index is 0.0566. The summed E-state index contributed by atoms with van der Waals surface area (Å²) < 4.78 is 38.4. The molecule has 0 aliphatic heterocycles. The Kier molecular flexibility index (Phi) is 4.26. The maximum atomic E-state index is 13.2. The smallest absolute Gasteiger partial charge is 0.232 e. The summed E-state index contributed by atoms with van der Waals surface area (Å²) in [6, 6.07) is 4.21. The number of aryl methyl sites for hydroxylation is 1. The van der Waals surface area contributed by atoms with Crippen LogP contribution in [0.3, 0.4) is 0 Å². The van der Waals surface area contributed by atoms with Crippen LogP contribution in [0.2, 0.25) is 0 Å². The van der Waals surface area contributed by atoms with Crippen molar-refractivity contribution in [3.63, 3.8) is 0 Å². The largest absolute Gasteiger partial charge is 0.330 e. The molecule has 0 fully saturated rings. The summed E-state index contributed by atoms with van der Waals surface area (Å²) in [5, 5.41) is 0. The maximum absolute atomic E-state index is 13.2. The molecule has 0 saturated heterocycles. The number of halogens is 1. The summed E-state index contributed by atoms with van der Waals surface area (Å²) in [6.07, 6.45) is 0.379. The van der Waals surface area contributed by atoms with Crippen molar-refractivity contribution >= 4 is 15.7 Å². The van der Waals surface area contributed by atoms with Gasteiger partial charge in [-0.15, -0.1) is 0 Å². The Labute approximate surface area is 94.7 Å². The van der Waals surface area contributed by atoms with Crippen LogP contribution in [0.5, 0.6) is 0 Å². The number of rotatable bonds is 5. The van der Waals surface area contributed by atoms with Crippen molar-refractivity contribution in [1.82, 2.24) is 0 Å². The molecule has 16 heavy (non-hydrogen) atoms. The van der Waals surface area contributed by atoms with Crippen LogP contribution in [0.25, 0.3) is 0 Å². The van der Waals surface area contributed by atoms with Gasteiger partial charge >= 0.3 is 0 Å². The van der Waals surface area contributed by atoms with Gasteiger partial charge in [-0.1, -0.05) is 6.07 Å². The fourth-order valence-corrected chi connectivity index (χ4v) is 2.30. The van der Waals surface area contributed by atoms with Gasteiger partial charge in [-0.05, 0) is 37.6 Å². The normalized spacial score (nSPS) is 11.4. The van der Waals surface area contributed by atoms with E-state index in [1.165, 1.54) is 12.1 Å². The van der Waals surface area contributed by atoms with Gasteiger partial charge in [0.1, 0.15) is 5.82 Å². The molecule has 0 heterocycles. The Morgan fingerprint density at radius 1 is 1.44 bits per heavy atom. The van der Waals surface area contributed by atoms with Crippen molar-refractivity contribution in [2.75, 3.05) is 17.0 Å². The number of nitrogens with one attached hydrogen (secondary N) is 1. The molecule has 0 amide bonds. The molecule has 0 saturated carbocycles. The zero-order valence-corrected chi connectivity index (χ0v) is 9.85. The van der Waals surface area contributed by atoms with Crippen LogP contribution < -0.4 is 10.5 Å². The second-order valence-corrected chi connectivity index (χ2v) is 5.37. The second-order valence-electron chi connectivity index (χ2n) is 3.53. The van der Waals surface area contributed by atoms with E-state index in [4.69, 9.17) is 5.73 Å². The molecule has 4 nitrogen and oxygen atoms in total. The lowest BCUT2D eigenvalue weighted by Gasteiger charge is -2.08. The third kappa shape index (κ3) is 3.79. The molecular formula is C10H15FN2O2S. The highest BCUT2D eigenvalue weighted by molar-refractivity contribution is 7.92. The number of sulfonamides is 1. The zero-order valence-electron chi connectivity index (χ0n) is 9.03. The Bertz CT molecular complexity index is 460. The molecule has 0 spiro atoms. The van der Waals surface area contributed by atoms with Crippen LogP contribution in [0.15, 0.2) is 18.2 Å². The minimum Gasteiger partial charge on any atom is -0.330 e. The predicted molar refractivity (Wildman–Crippen MR) is 62.2 cm³/mol. The van der Waals surface area contributed by atoms with Gasteiger partial charge in [0.15, 0.2) is 0 Å². The quantitative estimate of drug-likeness (QED) is 0.820. The van der Waals surface area contributed by atoms with E-state index in [0.717, 1.165) is 6.07 Å². The van der Waals surface area contributed by atoms with Crippen LogP contribution in [0, 0.1) is 12.7 Å². The Morgan fingerprint density at radius 3 is 2.69 bits per heavy atom. The number of nitrogens with two attached hydrogens (primary N) is 1. The summed E-state index contributed by atoms with van der Waals surface area (Å²) in [6.45, 7) is 1.92. The first-order valence-electron chi connectivity index (χ1n) is 4.91. The van der Waals surface area contributed by atoms with Crippen molar-refractivity contribution < 1.29 is 12.8 Å². The molecule has 0 unspecified atom stereocenters. The van der Waals surface area contributed by atoms with E-state index >= 15 is 0 Å². The second kappa shape index (κ2) is 5.27. The fraction of sp³-hybridized carbons (Fsp3) is 0.400. The first kappa shape index (κ1) is 12.9. The molecule has 3 N–H and O–H groups in total. The molecule has 0 aliphatic rings. The summed E-state index contributed by atoms with van der Waals surface area (Å²) in [4.78, 5) is 0. The molecular weight excluding hydrogens is 231 g/mol. The van der Waals surface area contributed by atoms with Crippen molar-refractivity contribution in [2.45, 2.75) is 13.3 Å². The van der Waals surface area contributed by atoms with Crippen LogP contribution in [-0.4, -0.2) is 20.7 Å². The highest BCUT2D eigenvalue weighted by atomic mass is 32.2. The predicted octanol–water partition coefficient (Wildman–Crippen LogP) is 1.22. The fourth-order valence-electron chi connectivity index (χ4n) is 1.16. The Hall–Kier alpha value is -1.14. The summed E-state index contributed by atoms with van der Waals surface area (Å²) in [7, 11) is -3.42. The molecule has 1 aromatic rings. The van der Waals surface area contributed by atoms with E-state index in [2.05, 4.69) is 4.72 Å². The lowest BCUT2D eigenvalue weighted by Crippen LogP contribution is -2.19. The molecule has 1 rings (SSSR count). The molecule has 0 atom stereocenters. The molecule has 90 valence electrons. The lowest BCUT2D eigenvalue weighted by atomic mass is 10.2. The summed E-state index contributed by atoms with van der Waals surface area (Å²) >= 11 is 0. The first-order chi connectivity index (χ1) is 7.44. The molecule has 0 radical (unpaired) electrons. The standard InChI is InChI=1S/C10H15FN2O2S/c1-8-3-4-9(7-10(8)11)13-16(14,15)6-2-5-12/h3-4,7,13H,2,5-6,12H2,1H3. The monoisotopic (exact) mass is 246 g/mol. The van der Waals surface area contributed by atoms with E-state index in [1.54, 1.807) is 6.92 Å². The highest BCUT2D eigenvalue weighted by Crippen LogP contribution is 2.15. The van der Waals surface area contributed by atoms with Gasteiger partial charge in [-0.2, -0.15) is 0 Å². The number of anilines is 1. The van der Waals surface area contributed by atoms with Gasteiger partial charge in [0.2, 0.25) is 10.0 Å². The van der Waals surface area contributed by atoms with E-state index in [1.807, 2.05) is 0 Å². The van der Waals surface area contributed by atoms with Gasteiger partial charge in [0.05, 0.1) is 11.4 Å². The number of hydrogen-bond donors (Lipinski definition) is 2. The summed E-state index contributed by atoms with van der Waals surface area (Å²) in [5.41, 5.74) is 5.93. The highest BCUT2D eigenvalue weighted by Gasteiger charge is 2.10. The SMILES string of the molecule is Cc1ccc(NS(=O)(=O)CCCN)cc1F. The van der Waals surface area contributed by atoms with Gasteiger partial charge < -0.3 is 5.73 Å². The Morgan fingerprint density at radius 2 is 2.12 bits per heavy atom. The number of hydrogen-bond acceptors (Lipinski definition) is 3. The minimum atomic E-state index is -3.42. The van der Waals surface area contributed by atoms with E-state index in [0.29, 0.717) is 18.5 Å². The topological polar surface area (TPSA) is 72.2 Å². The van der Waals surface area contributed by atoms with Crippen LogP contribution in [0.4, 0.5) is 10.1 Å². The lowest BCUT2D eigenvalue weighted by molar-refractivity contribution is 0.598. The number of benzene rings is 1. The van der Waals surface area contributed by atoms with Crippen molar-refractivity contribution in [3.05, 3.63) is 29.6 Å². The summed E-state index contributed by atoms with van der Waals surface area (Å²) in [5.74, 6) is -0.488. The molecule has 6 heteroatoms. The third-order valence-electron chi connectivity index (χ3n) is 2.06. The maximum Gasteiger partial charge on any atom is 0.232 e. The van der Waals surface area contributed by atoms with Crippen molar-refractivity contribution in [1.29, 1.82) is 0 Å². The third-order valence-corrected chi connectivity index (χ3v) is 3.44. The van der Waals surface area contributed by atoms with Crippen LogP contribution in [0.1, 0.15) is 12.0 Å². The molecule has 0 aliphatic carbocycles. The van der Waals surface area contributed by atoms with Crippen LogP contribution >= 0.6 is 0 Å². The van der Waals surface area contributed by atoms with Gasteiger partial charge in [-0.3, -0.25) is 4.72 Å². The van der Waals surface area contributed by atoms with E-state index in [-0.39, 0.29) is 11.4 Å². The van der Waals surface area contributed by atoms with Crippen molar-refractivity contribution in [3.8, 4) is 0 Å². The Balaban J connectivity index is 2.76. The van der Waals surface area contributed by atoms with Crippen molar-refractivity contribution in [2.24, 2.45) is 5.73 Å². The van der Waals surface area contributed by atoms with E-state index in [9.17, 15) is 12.8 Å². The first-order valence-corrected chi connectivity index (χ1v) is 6.56. The van der Waals surface area contributed by atoms with Gasteiger partial charge in [0, 0.05) is 0 Å².